The molecule has 0 atom stereocenters. The standard InChI is InChI=1S/C10H15IN2O/c1-10(14)4-2-9(3-5-10)13-7-8(11)6-12-13/h6-7,9,14H,2-5H2,1H3/t9-,10-. The van der Waals surface area contributed by atoms with E-state index in [1.807, 2.05) is 17.8 Å². The highest BCUT2D eigenvalue weighted by atomic mass is 127. The molecular weight excluding hydrogens is 291 g/mol. The fourth-order valence-corrected chi connectivity index (χ4v) is 2.41. The minimum Gasteiger partial charge on any atom is -0.390 e. The van der Waals surface area contributed by atoms with Crippen molar-refractivity contribution < 1.29 is 5.11 Å². The summed E-state index contributed by atoms with van der Waals surface area (Å²) in [5.41, 5.74) is -0.448. The van der Waals surface area contributed by atoms with Crippen molar-refractivity contribution in [2.75, 3.05) is 0 Å². The number of hydrogen-bond donors (Lipinski definition) is 1. The van der Waals surface area contributed by atoms with E-state index in [4.69, 9.17) is 0 Å². The Hall–Kier alpha value is -0.100. The first-order chi connectivity index (χ1) is 6.57. The van der Waals surface area contributed by atoms with Crippen LogP contribution in [0.4, 0.5) is 0 Å². The fraction of sp³-hybridized carbons (Fsp3) is 0.700. The van der Waals surface area contributed by atoms with Crippen LogP contribution in [0, 0.1) is 3.57 Å². The molecule has 1 saturated carbocycles. The van der Waals surface area contributed by atoms with Gasteiger partial charge < -0.3 is 5.11 Å². The summed E-state index contributed by atoms with van der Waals surface area (Å²) in [5, 5.41) is 14.1. The van der Waals surface area contributed by atoms with Crippen LogP contribution in [-0.4, -0.2) is 20.5 Å². The van der Waals surface area contributed by atoms with Crippen molar-refractivity contribution >= 4 is 22.6 Å². The molecule has 4 heteroatoms. The predicted octanol–water partition coefficient (Wildman–Crippen LogP) is 2.35. The predicted molar refractivity (Wildman–Crippen MR) is 63.1 cm³/mol. The van der Waals surface area contributed by atoms with E-state index >= 15 is 0 Å². The molecule has 0 bridgehead atoms. The van der Waals surface area contributed by atoms with Crippen LogP contribution in [0.1, 0.15) is 38.6 Å². The van der Waals surface area contributed by atoms with Crippen LogP contribution in [0.3, 0.4) is 0 Å². The Morgan fingerprint density at radius 1 is 1.57 bits per heavy atom. The van der Waals surface area contributed by atoms with Gasteiger partial charge in [0.25, 0.3) is 0 Å². The Labute approximate surface area is 97.6 Å². The van der Waals surface area contributed by atoms with E-state index in [2.05, 4.69) is 33.9 Å². The van der Waals surface area contributed by atoms with E-state index in [1.165, 1.54) is 3.57 Å². The van der Waals surface area contributed by atoms with Crippen molar-refractivity contribution in [3.05, 3.63) is 16.0 Å². The maximum absolute atomic E-state index is 9.81. The zero-order valence-corrected chi connectivity index (χ0v) is 10.4. The molecule has 1 aliphatic rings. The molecule has 0 spiro atoms. The molecule has 1 heterocycles. The van der Waals surface area contributed by atoms with Crippen molar-refractivity contribution in [2.45, 2.75) is 44.2 Å². The third-order valence-corrected chi connectivity index (χ3v) is 3.53. The molecule has 0 amide bonds. The smallest absolute Gasteiger partial charge is 0.0623 e. The Bertz CT molecular complexity index is 312. The summed E-state index contributed by atoms with van der Waals surface area (Å²) in [6.07, 6.45) is 7.79. The molecule has 0 aromatic carbocycles. The average Bonchev–Trinajstić information content (AvgIpc) is 2.52. The second-order valence-electron chi connectivity index (χ2n) is 4.37. The van der Waals surface area contributed by atoms with Gasteiger partial charge in [-0.1, -0.05) is 0 Å². The second kappa shape index (κ2) is 3.81. The summed E-state index contributed by atoms with van der Waals surface area (Å²) in [6, 6.07) is 0.485. The Morgan fingerprint density at radius 3 is 2.71 bits per heavy atom. The van der Waals surface area contributed by atoms with Gasteiger partial charge in [-0.15, -0.1) is 0 Å². The molecular formula is C10H15IN2O. The largest absolute Gasteiger partial charge is 0.390 e. The number of hydrogen-bond acceptors (Lipinski definition) is 2. The van der Waals surface area contributed by atoms with Crippen molar-refractivity contribution in [1.82, 2.24) is 9.78 Å². The van der Waals surface area contributed by atoms with Gasteiger partial charge in [0.2, 0.25) is 0 Å². The van der Waals surface area contributed by atoms with Crippen LogP contribution in [-0.2, 0) is 0 Å². The van der Waals surface area contributed by atoms with Gasteiger partial charge >= 0.3 is 0 Å². The van der Waals surface area contributed by atoms with Crippen LogP contribution >= 0.6 is 22.6 Å². The van der Waals surface area contributed by atoms with Crippen LogP contribution in [0.15, 0.2) is 12.4 Å². The number of rotatable bonds is 1. The molecule has 0 radical (unpaired) electrons. The topological polar surface area (TPSA) is 38.0 Å². The SMILES string of the molecule is C[C@]1(O)CC[C@H](n2cc(I)cn2)CC1. The fourth-order valence-electron chi connectivity index (χ4n) is 2.00. The number of aromatic nitrogens is 2. The Morgan fingerprint density at radius 2 is 2.21 bits per heavy atom. The van der Waals surface area contributed by atoms with Crippen LogP contribution in [0.5, 0.6) is 0 Å². The van der Waals surface area contributed by atoms with Crippen molar-refractivity contribution in [1.29, 1.82) is 0 Å². The summed E-state index contributed by atoms with van der Waals surface area (Å²) in [5.74, 6) is 0. The minimum atomic E-state index is -0.448. The van der Waals surface area contributed by atoms with Gasteiger partial charge in [-0.25, -0.2) is 0 Å². The molecule has 14 heavy (non-hydrogen) atoms. The molecule has 0 aliphatic heterocycles. The quantitative estimate of drug-likeness (QED) is 0.809. The number of aliphatic hydroxyl groups is 1. The Balaban J connectivity index is 2.02. The third-order valence-electron chi connectivity index (χ3n) is 2.98. The lowest BCUT2D eigenvalue weighted by atomic mass is 9.84. The van der Waals surface area contributed by atoms with Gasteiger partial charge in [-0.05, 0) is 55.2 Å². The molecule has 78 valence electrons. The second-order valence-corrected chi connectivity index (χ2v) is 5.61. The zero-order chi connectivity index (χ0) is 10.2. The summed E-state index contributed by atoms with van der Waals surface area (Å²) >= 11 is 2.27. The normalized spacial score (nSPS) is 33.2. The highest BCUT2D eigenvalue weighted by Crippen LogP contribution is 2.34. The zero-order valence-electron chi connectivity index (χ0n) is 8.28. The lowest BCUT2D eigenvalue weighted by Gasteiger charge is -2.33. The van der Waals surface area contributed by atoms with Gasteiger partial charge in [0.15, 0.2) is 0 Å². The Kier molecular flexibility index (Phi) is 2.83. The lowest BCUT2D eigenvalue weighted by Crippen LogP contribution is -2.31. The van der Waals surface area contributed by atoms with E-state index in [0.717, 1.165) is 25.7 Å². The molecule has 1 fully saturated rings. The summed E-state index contributed by atoms with van der Waals surface area (Å²) in [6.45, 7) is 1.93. The van der Waals surface area contributed by atoms with E-state index < -0.39 is 5.60 Å². The van der Waals surface area contributed by atoms with Crippen molar-refractivity contribution in [2.24, 2.45) is 0 Å². The van der Waals surface area contributed by atoms with Gasteiger partial charge in [-0.2, -0.15) is 5.10 Å². The molecule has 1 aliphatic carbocycles. The molecule has 3 nitrogen and oxygen atoms in total. The van der Waals surface area contributed by atoms with Crippen LogP contribution in [0.2, 0.25) is 0 Å². The summed E-state index contributed by atoms with van der Waals surface area (Å²) < 4.78 is 3.22. The average molecular weight is 306 g/mol. The van der Waals surface area contributed by atoms with Crippen molar-refractivity contribution in [3.8, 4) is 0 Å². The molecule has 0 saturated heterocycles. The molecule has 1 aromatic rings. The monoisotopic (exact) mass is 306 g/mol. The van der Waals surface area contributed by atoms with Gasteiger partial charge in [0.05, 0.1) is 21.4 Å². The third kappa shape index (κ3) is 2.28. The maximum atomic E-state index is 9.81. The molecule has 1 N–H and O–H groups in total. The first-order valence-corrected chi connectivity index (χ1v) is 6.07. The van der Waals surface area contributed by atoms with E-state index in [9.17, 15) is 5.11 Å². The molecule has 0 unspecified atom stereocenters. The number of nitrogens with zero attached hydrogens (tertiary/aromatic N) is 2. The van der Waals surface area contributed by atoms with E-state index in [-0.39, 0.29) is 0 Å². The van der Waals surface area contributed by atoms with Gasteiger partial charge in [-0.3, -0.25) is 4.68 Å². The van der Waals surface area contributed by atoms with Gasteiger partial charge in [0.1, 0.15) is 0 Å². The minimum absolute atomic E-state index is 0.448. The summed E-state index contributed by atoms with van der Waals surface area (Å²) in [4.78, 5) is 0. The summed E-state index contributed by atoms with van der Waals surface area (Å²) in [7, 11) is 0. The molecule has 1 aromatic heterocycles. The highest BCUT2D eigenvalue weighted by Gasteiger charge is 2.29. The maximum Gasteiger partial charge on any atom is 0.0623 e. The van der Waals surface area contributed by atoms with Crippen LogP contribution < -0.4 is 0 Å². The van der Waals surface area contributed by atoms with E-state index in [0.29, 0.717) is 6.04 Å². The highest BCUT2D eigenvalue weighted by molar-refractivity contribution is 14.1. The van der Waals surface area contributed by atoms with E-state index in [1.54, 1.807) is 0 Å². The van der Waals surface area contributed by atoms with Gasteiger partial charge in [0, 0.05) is 6.20 Å². The first kappa shape index (κ1) is 10.4. The van der Waals surface area contributed by atoms with Crippen LogP contribution in [0.25, 0.3) is 0 Å². The van der Waals surface area contributed by atoms with Crippen molar-refractivity contribution in [3.63, 3.8) is 0 Å². The molecule has 2 rings (SSSR count). The lowest BCUT2D eigenvalue weighted by molar-refractivity contribution is 0.00850. The number of halogens is 1. The first-order valence-electron chi connectivity index (χ1n) is 4.99.